The smallest absolute Gasteiger partial charge is 0.339 e. The van der Waals surface area contributed by atoms with E-state index < -0.39 is 16.0 Å². The second-order valence-electron chi connectivity index (χ2n) is 4.32. The van der Waals surface area contributed by atoms with E-state index in [1.54, 1.807) is 0 Å². The molecule has 1 aliphatic heterocycles. The maximum Gasteiger partial charge on any atom is 0.339 e. The quantitative estimate of drug-likeness (QED) is 0.862. The van der Waals surface area contributed by atoms with Crippen molar-refractivity contribution in [2.45, 2.75) is 4.90 Å². The summed E-state index contributed by atoms with van der Waals surface area (Å²) < 4.78 is 31.6. The number of hydrogen-bond donors (Lipinski definition) is 2. The molecule has 1 aliphatic rings. The Labute approximate surface area is 120 Å². The number of aromatic amines is 1. The molecule has 0 saturated heterocycles. The Hall–Kier alpha value is -2.55. The Kier molecular flexibility index (Phi) is 3.05. The highest BCUT2D eigenvalue weighted by Crippen LogP contribution is 2.37. The molecule has 8 nitrogen and oxygen atoms in total. The third-order valence-corrected chi connectivity index (χ3v) is 4.87. The molecular weight excluding hydrogens is 298 g/mol. The second-order valence-corrected chi connectivity index (χ2v) is 6.18. The molecule has 9 heteroatoms. The average Bonchev–Trinajstić information content (AvgIpc) is 3.00. The summed E-state index contributed by atoms with van der Waals surface area (Å²) in [6.07, 6.45) is 2.47. The van der Waals surface area contributed by atoms with E-state index in [9.17, 15) is 13.2 Å². The van der Waals surface area contributed by atoms with Gasteiger partial charge in [-0.2, -0.15) is 5.10 Å². The van der Waals surface area contributed by atoms with Gasteiger partial charge in [-0.05, 0) is 12.1 Å². The minimum absolute atomic E-state index is 0.0103. The number of nitrogens with zero attached hydrogens (tertiary/aromatic N) is 2. The number of anilines is 1. The lowest BCUT2D eigenvalue weighted by Gasteiger charge is -2.30. The lowest BCUT2D eigenvalue weighted by molar-refractivity contribution is 0.0692. The molecule has 0 fully saturated rings. The summed E-state index contributed by atoms with van der Waals surface area (Å²) in [5, 5.41) is 15.2. The van der Waals surface area contributed by atoms with E-state index in [0.717, 1.165) is 4.31 Å². The standard InChI is InChI=1S/C12H11N3O5S/c16-12(17)9-2-1-3-10-11(9)20-5-4-15(10)21(18,19)8-6-13-14-7-8/h1-3,6-7H,4-5H2,(H,13,14)(H,16,17). The van der Waals surface area contributed by atoms with Crippen molar-refractivity contribution in [2.75, 3.05) is 17.5 Å². The fourth-order valence-electron chi connectivity index (χ4n) is 2.15. The van der Waals surface area contributed by atoms with Crippen LogP contribution in [0.25, 0.3) is 0 Å². The van der Waals surface area contributed by atoms with Crippen molar-refractivity contribution in [3.05, 3.63) is 36.2 Å². The van der Waals surface area contributed by atoms with Crippen molar-refractivity contribution in [2.24, 2.45) is 0 Å². The van der Waals surface area contributed by atoms with Crippen LogP contribution in [0, 0.1) is 0 Å². The lowest BCUT2D eigenvalue weighted by atomic mass is 10.1. The number of para-hydroxylation sites is 1. The molecular formula is C12H11N3O5S. The van der Waals surface area contributed by atoms with Crippen LogP contribution in [0.5, 0.6) is 5.75 Å². The maximum atomic E-state index is 12.6. The summed E-state index contributed by atoms with van der Waals surface area (Å²) >= 11 is 0. The van der Waals surface area contributed by atoms with Crippen molar-refractivity contribution in [3.63, 3.8) is 0 Å². The number of benzene rings is 1. The highest BCUT2D eigenvalue weighted by molar-refractivity contribution is 7.92. The fourth-order valence-corrected chi connectivity index (χ4v) is 3.51. The Morgan fingerprint density at radius 2 is 2.24 bits per heavy atom. The number of nitrogens with one attached hydrogen (secondary N) is 1. The third-order valence-electron chi connectivity index (χ3n) is 3.10. The predicted molar refractivity (Wildman–Crippen MR) is 72.0 cm³/mol. The van der Waals surface area contributed by atoms with Gasteiger partial charge in [-0.15, -0.1) is 0 Å². The van der Waals surface area contributed by atoms with Gasteiger partial charge in [0.2, 0.25) is 0 Å². The molecule has 0 spiro atoms. The molecule has 3 rings (SSSR count). The van der Waals surface area contributed by atoms with Gasteiger partial charge in [0.05, 0.1) is 18.4 Å². The summed E-state index contributed by atoms with van der Waals surface area (Å²) in [5.74, 6) is -1.11. The monoisotopic (exact) mass is 309 g/mol. The van der Waals surface area contributed by atoms with Crippen LogP contribution in [0.1, 0.15) is 10.4 Å². The fraction of sp³-hybridized carbons (Fsp3) is 0.167. The molecule has 0 amide bonds. The zero-order chi connectivity index (χ0) is 15.0. The Balaban J connectivity index is 2.14. The van der Waals surface area contributed by atoms with Crippen LogP contribution < -0.4 is 9.04 Å². The molecule has 0 aliphatic carbocycles. The van der Waals surface area contributed by atoms with Gasteiger partial charge in [-0.25, -0.2) is 13.2 Å². The zero-order valence-electron chi connectivity index (χ0n) is 10.7. The first-order valence-electron chi connectivity index (χ1n) is 6.02. The number of ether oxygens (including phenoxy) is 1. The molecule has 110 valence electrons. The zero-order valence-corrected chi connectivity index (χ0v) is 11.5. The number of carboxylic acids is 1. The molecule has 1 aromatic heterocycles. The van der Waals surface area contributed by atoms with E-state index in [-0.39, 0.29) is 35.0 Å². The molecule has 0 atom stereocenters. The first kappa shape index (κ1) is 13.4. The van der Waals surface area contributed by atoms with Crippen LogP contribution in [-0.4, -0.2) is 42.8 Å². The topological polar surface area (TPSA) is 113 Å². The third kappa shape index (κ3) is 2.11. The van der Waals surface area contributed by atoms with Gasteiger partial charge in [0.15, 0.2) is 5.75 Å². The number of hydrogen-bond acceptors (Lipinski definition) is 5. The molecule has 2 aromatic rings. The number of aromatic carboxylic acids is 1. The van der Waals surface area contributed by atoms with Gasteiger partial charge >= 0.3 is 5.97 Å². The van der Waals surface area contributed by atoms with Gasteiger partial charge in [-0.1, -0.05) is 6.07 Å². The minimum atomic E-state index is -3.81. The summed E-state index contributed by atoms with van der Waals surface area (Å²) in [5.41, 5.74) is 0.141. The number of aromatic nitrogens is 2. The number of carboxylic acid groups (broad SMARTS) is 1. The van der Waals surface area contributed by atoms with Crippen molar-refractivity contribution >= 4 is 21.7 Å². The normalized spacial score (nSPS) is 14.4. The highest BCUT2D eigenvalue weighted by Gasteiger charge is 2.32. The van der Waals surface area contributed by atoms with Crippen LogP contribution in [0.2, 0.25) is 0 Å². The van der Waals surface area contributed by atoms with Crippen molar-refractivity contribution in [3.8, 4) is 5.75 Å². The van der Waals surface area contributed by atoms with E-state index in [0.29, 0.717) is 0 Å². The molecule has 2 N–H and O–H groups in total. The SMILES string of the molecule is O=C(O)c1cccc2c1OCCN2S(=O)(=O)c1cn[nH]c1. The molecule has 0 saturated carbocycles. The number of rotatable bonds is 3. The Morgan fingerprint density at radius 1 is 1.43 bits per heavy atom. The van der Waals surface area contributed by atoms with E-state index in [4.69, 9.17) is 9.84 Å². The van der Waals surface area contributed by atoms with E-state index in [2.05, 4.69) is 10.2 Å². The molecule has 0 unspecified atom stereocenters. The maximum absolute atomic E-state index is 12.6. The van der Waals surface area contributed by atoms with Gasteiger partial charge in [0, 0.05) is 6.20 Å². The number of carbonyl (C=O) groups is 1. The van der Waals surface area contributed by atoms with E-state index >= 15 is 0 Å². The van der Waals surface area contributed by atoms with Crippen molar-refractivity contribution < 1.29 is 23.1 Å². The van der Waals surface area contributed by atoms with Gasteiger partial charge in [-0.3, -0.25) is 9.40 Å². The predicted octanol–water partition coefficient (Wildman–Crippen LogP) is 0.696. The Bertz CT molecular complexity index is 785. The minimum Gasteiger partial charge on any atom is -0.489 e. The molecule has 0 radical (unpaired) electrons. The van der Waals surface area contributed by atoms with E-state index in [1.165, 1.54) is 30.6 Å². The number of H-pyrrole nitrogens is 1. The summed E-state index contributed by atoms with van der Waals surface area (Å²) in [4.78, 5) is 11.2. The van der Waals surface area contributed by atoms with Crippen molar-refractivity contribution in [1.29, 1.82) is 0 Å². The van der Waals surface area contributed by atoms with Crippen molar-refractivity contribution in [1.82, 2.24) is 10.2 Å². The van der Waals surface area contributed by atoms with Crippen LogP contribution in [0.4, 0.5) is 5.69 Å². The van der Waals surface area contributed by atoms with Gasteiger partial charge in [0.25, 0.3) is 10.0 Å². The van der Waals surface area contributed by atoms with Gasteiger partial charge in [0.1, 0.15) is 17.1 Å². The summed E-state index contributed by atoms with van der Waals surface area (Å²) in [6, 6.07) is 4.36. The largest absolute Gasteiger partial charge is 0.489 e. The summed E-state index contributed by atoms with van der Waals surface area (Å²) in [6.45, 7) is 0.179. The first-order valence-corrected chi connectivity index (χ1v) is 7.46. The average molecular weight is 309 g/mol. The molecule has 0 bridgehead atoms. The molecule has 2 heterocycles. The van der Waals surface area contributed by atoms with Crippen LogP contribution >= 0.6 is 0 Å². The molecule has 21 heavy (non-hydrogen) atoms. The number of sulfonamides is 1. The second kappa shape index (κ2) is 4.77. The lowest BCUT2D eigenvalue weighted by Crippen LogP contribution is -2.38. The highest BCUT2D eigenvalue weighted by atomic mass is 32.2. The van der Waals surface area contributed by atoms with Gasteiger partial charge < -0.3 is 9.84 Å². The summed E-state index contributed by atoms with van der Waals surface area (Å²) in [7, 11) is -3.81. The van der Waals surface area contributed by atoms with Crippen LogP contribution in [-0.2, 0) is 10.0 Å². The first-order chi connectivity index (χ1) is 10.0. The number of fused-ring (bicyclic) bond motifs is 1. The van der Waals surface area contributed by atoms with Crippen LogP contribution in [0.3, 0.4) is 0 Å². The Morgan fingerprint density at radius 3 is 2.90 bits per heavy atom. The van der Waals surface area contributed by atoms with Crippen LogP contribution in [0.15, 0.2) is 35.5 Å². The molecule has 1 aromatic carbocycles. The van der Waals surface area contributed by atoms with E-state index in [1.807, 2.05) is 0 Å².